The molecule has 2 aromatic rings. The van der Waals surface area contributed by atoms with Gasteiger partial charge in [0.25, 0.3) is 5.91 Å². The van der Waals surface area contributed by atoms with Gasteiger partial charge in [-0.3, -0.25) is 24.5 Å². The van der Waals surface area contributed by atoms with E-state index in [4.69, 9.17) is 12.2 Å². The van der Waals surface area contributed by atoms with Gasteiger partial charge < -0.3 is 19.3 Å². The molecule has 2 saturated heterocycles. The lowest BCUT2D eigenvalue weighted by Crippen LogP contribution is -2.52. The zero-order chi connectivity index (χ0) is 25.4. The lowest BCUT2D eigenvalue weighted by Gasteiger charge is -2.29. The summed E-state index contributed by atoms with van der Waals surface area (Å²) >= 11 is 0. The summed E-state index contributed by atoms with van der Waals surface area (Å²) in [5, 5.41) is 2.19. The van der Waals surface area contributed by atoms with Gasteiger partial charge in [-0.2, -0.15) is 0 Å². The van der Waals surface area contributed by atoms with Crippen LogP contribution >= 0.6 is 0 Å². The van der Waals surface area contributed by atoms with E-state index in [2.05, 4.69) is 5.32 Å². The van der Waals surface area contributed by atoms with Crippen LogP contribution in [0.1, 0.15) is 42.6 Å². The molecule has 4 amide bonds. The molecule has 3 aliphatic heterocycles. The molecule has 5 rings (SSSR count). The number of fused-ring (bicyclic) bond motifs is 1. The summed E-state index contributed by atoms with van der Waals surface area (Å²) in [6.07, 6.45) is 0.0914. The summed E-state index contributed by atoms with van der Waals surface area (Å²) < 4.78 is 28.5. The van der Waals surface area contributed by atoms with E-state index >= 15 is 0 Å². The largest absolute Gasteiger partial charge is 0.489 e. The number of ether oxygens (including phenoxy) is 2. The molecular formula is C25H25N3O6. The van der Waals surface area contributed by atoms with E-state index in [1.165, 1.54) is 6.07 Å². The highest BCUT2D eigenvalue weighted by Gasteiger charge is 2.40. The van der Waals surface area contributed by atoms with Crippen molar-refractivity contribution < 1.29 is 31.4 Å². The Labute approximate surface area is 199 Å². The maximum atomic E-state index is 13.1. The van der Waals surface area contributed by atoms with Crippen LogP contribution in [0.15, 0.2) is 42.5 Å². The smallest absolute Gasteiger partial charge is 0.255 e. The Bertz CT molecular complexity index is 1230. The van der Waals surface area contributed by atoms with Crippen molar-refractivity contribution in [1.29, 1.82) is 0 Å². The quantitative estimate of drug-likeness (QED) is 0.647. The minimum absolute atomic E-state index is 0.0334. The van der Waals surface area contributed by atoms with Crippen LogP contribution in [-0.2, 0) is 38.8 Å². The van der Waals surface area contributed by atoms with Crippen molar-refractivity contribution in [1.82, 2.24) is 15.1 Å². The maximum Gasteiger partial charge on any atom is 0.255 e. The molecule has 0 aliphatic carbocycles. The fraction of sp³-hybridized carbons (Fsp3) is 0.360. The molecule has 2 fully saturated rings. The third kappa shape index (κ3) is 4.38. The lowest BCUT2D eigenvalue weighted by atomic mass is 10.0. The standard InChI is InChI=1S/C25H25N3O6/c29-22-9-8-20(24(31)26-22)28-13-19-18(25(28)32)2-1-3-21(19)34-14-17-6-4-16(5-7-17)12-27-10-11-33-15-23(27)30/h1-7,20H,8-15H2,(H,26,29,31)/i13D2. The number of morpholine rings is 1. The number of nitrogens with zero attached hydrogens (tertiary/aromatic N) is 2. The predicted molar refractivity (Wildman–Crippen MR) is 119 cm³/mol. The number of carbonyl (C=O) groups excluding carboxylic acids is 4. The van der Waals surface area contributed by atoms with Gasteiger partial charge in [0.2, 0.25) is 17.7 Å². The monoisotopic (exact) mass is 465 g/mol. The first-order valence-electron chi connectivity index (χ1n) is 12.1. The number of carbonyl (C=O) groups is 4. The molecule has 0 saturated carbocycles. The minimum atomic E-state index is -2.29. The van der Waals surface area contributed by atoms with Crippen LogP contribution < -0.4 is 10.1 Å². The Morgan fingerprint density at radius 1 is 1.09 bits per heavy atom. The zero-order valence-corrected chi connectivity index (χ0v) is 18.4. The molecule has 0 aromatic heterocycles. The number of hydrogen-bond acceptors (Lipinski definition) is 6. The van der Waals surface area contributed by atoms with Crippen LogP contribution in [0, 0.1) is 0 Å². The van der Waals surface area contributed by atoms with Gasteiger partial charge in [0.1, 0.15) is 25.0 Å². The first-order valence-corrected chi connectivity index (χ1v) is 11.1. The van der Waals surface area contributed by atoms with Crippen molar-refractivity contribution in [3.8, 4) is 5.75 Å². The first-order chi connectivity index (χ1) is 17.3. The van der Waals surface area contributed by atoms with E-state index < -0.39 is 30.3 Å². The Balaban J connectivity index is 1.30. The molecular weight excluding hydrogens is 438 g/mol. The van der Waals surface area contributed by atoms with Crippen molar-refractivity contribution in [2.24, 2.45) is 0 Å². The molecule has 2 aromatic carbocycles. The summed E-state index contributed by atoms with van der Waals surface area (Å²) in [4.78, 5) is 51.6. The van der Waals surface area contributed by atoms with Gasteiger partial charge in [-0.1, -0.05) is 30.3 Å². The summed E-state index contributed by atoms with van der Waals surface area (Å²) in [7, 11) is 0. The molecule has 0 radical (unpaired) electrons. The van der Waals surface area contributed by atoms with Crippen molar-refractivity contribution in [2.45, 2.75) is 38.5 Å². The van der Waals surface area contributed by atoms with Crippen LogP contribution in [-0.4, -0.2) is 59.2 Å². The van der Waals surface area contributed by atoms with E-state index in [1.54, 1.807) is 17.0 Å². The average molecular weight is 466 g/mol. The van der Waals surface area contributed by atoms with Crippen LogP contribution in [0.2, 0.25) is 0 Å². The predicted octanol–water partition coefficient (Wildman–Crippen LogP) is 1.39. The highest BCUT2D eigenvalue weighted by atomic mass is 16.5. The fourth-order valence-corrected chi connectivity index (χ4v) is 4.23. The van der Waals surface area contributed by atoms with Crippen LogP contribution in [0.4, 0.5) is 0 Å². The van der Waals surface area contributed by atoms with Gasteiger partial charge in [-0.25, -0.2) is 0 Å². The third-order valence-corrected chi connectivity index (χ3v) is 6.10. The van der Waals surface area contributed by atoms with E-state index in [1.807, 2.05) is 24.3 Å². The highest BCUT2D eigenvalue weighted by molar-refractivity contribution is 6.05. The second-order valence-corrected chi connectivity index (χ2v) is 8.41. The van der Waals surface area contributed by atoms with E-state index in [-0.39, 0.29) is 48.8 Å². The maximum absolute atomic E-state index is 13.1. The van der Waals surface area contributed by atoms with Gasteiger partial charge in [-0.15, -0.1) is 0 Å². The number of amides is 4. The Morgan fingerprint density at radius 3 is 2.65 bits per heavy atom. The van der Waals surface area contributed by atoms with Crippen LogP contribution in [0.3, 0.4) is 0 Å². The van der Waals surface area contributed by atoms with Gasteiger partial charge in [0.05, 0.1) is 15.8 Å². The summed E-state index contributed by atoms with van der Waals surface area (Å²) in [6.45, 7) is -0.483. The van der Waals surface area contributed by atoms with Gasteiger partial charge >= 0.3 is 0 Å². The molecule has 3 heterocycles. The molecule has 9 heteroatoms. The average Bonchev–Trinajstić information content (AvgIpc) is 3.06. The summed E-state index contributed by atoms with van der Waals surface area (Å²) in [5.74, 6) is -1.56. The highest BCUT2D eigenvalue weighted by Crippen LogP contribution is 2.34. The van der Waals surface area contributed by atoms with E-state index in [9.17, 15) is 19.2 Å². The first kappa shape index (κ1) is 19.7. The number of hydrogen-bond donors (Lipinski definition) is 1. The Hall–Kier alpha value is -3.72. The Morgan fingerprint density at radius 2 is 1.88 bits per heavy atom. The fourth-order valence-electron chi connectivity index (χ4n) is 4.23. The second-order valence-electron chi connectivity index (χ2n) is 8.41. The summed E-state index contributed by atoms with van der Waals surface area (Å²) in [5.41, 5.74) is 2.00. The minimum Gasteiger partial charge on any atom is -0.489 e. The van der Waals surface area contributed by atoms with Crippen molar-refractivity contribution in [3.05, 3.63) is 64.7 Å². The second kappa shape index (κ2) is 9.26. The number of piperidine rings is 1. The SMILES string of the molecule is [2H]C1([2H])c2c(OCc3ccc(CN4CCOCC4=O)cc3)cccc2C(=O)N1C1CCC(=O)NC1=O. The molecule has 3 aliphatic rings. The van der Waals surface area contributed by atoms with E-state index in [0.717, 1.165) is 16.0 Å². The lowest BCUT2D eigenvalue weighted by molar-refractivity contribution is -0.143. The topological polar surface area (TPSA) is 105 Å². The molecule has 1 atom stereocenters. The summed E-state index contributed by atoms with van der Waals surface area (Å²) in [6, 6.07) is 11.2. The number of imide groups is 1. The third-order valence-electron chi connectivity index (χ3n) is 6.10. The molecule has 176 valence electrons. The number of benzene rings is 2. The molecule has 1 N–H and O–H groups in total. The van der Waals surface area contributed by atoms with Gasteiger partial charge in [0, 0.05) is 30.6 Å². The van der Waals surface area contributed by atoms with Crippen LogP contribution in [0.5, 0.6) is 5.75 Å². The number of nitrogens with one attached hydrogen (secondary N) is 1. The van der Waals surface area contributed by atoms with Crippen LogP contribution in [0.25, 0.3) is 0 Å². The molecule has 0 bridgehead atoms. The zero-order valence-electron chi connectivity index (χ0n) is 20.4. The molecule has 1 unspecified atom stereocenters. The van der Waals surface area contributed by atoms with Gasteiger partial charge in [0.15, 0.2) is 0 Å². The van der Waals surface area contributed by atoms with E-state index in [0.29, 0.717) is 19.7 Å². The van der Waals surface area contributed by atoms with Gasteiger partial charge in [-0.05, 0) is 29.7 Å². The molecule has 9 nitrogen and oxygen atoms in total. The number of rotatable bonds is 6. The van der Waals surface area contributed by atoms with Crippen molar-refractivity contribution in [3.63, 3.8) is 0 Å². The Kier molecular flexibility index (Phi) is 5.37. The molecule has 0 spiro atoms. The van der Waals surface area contributed by atoms with Crippen molar-refractivity contribution in [2.75, 3.05) is 19.8 Å². The normalized spacial score (nSPS) is 22.8. The molecule has 34 heavy (non-hydrogen) atoms. The van der Waals surface area contributed by atoms with Crippen molar-refractivity contribution >= 4 is 23.6 Å².